The van der Waals surface area contributed by atoms with Gasteiger partial charge in [-0.15, -0.1) is 0 Å². The highest BCUT2D eigenvalue weighted by Crippen LogP contribution is 2.06. The van der Waals surface area contributed by atoms with Crippen LogP contribution in [0.25, 0.3) is 0 Å². The molecule has 0 aliphatic heterocycles. The molecule has 0 saturated heterocycles. The number of aliphatic hydroxyl groups is 1. The van der Waals surface area contributed by atoms with Crippen LogP contribution >= 0.6 is 0 Å². The van der Waals surface area contributed by atoms with Gasteiger partial charge in [0.2, 0.25) is 0 Å². The fraction of sp³-hybridized carbons (Fsp3) is 0.500. The minimum atomic E-state index is 0.502. The molecule has 0 spiro atoms. The molecule has 1 nitrogen and oxygen atoms in total. The summed E-state index contributed by atoms with van der Waals surface area (Å²) in [5, 5.41) is 8.72. The molecule has 52 valence electrons. The summed E-state index contributed by atoms with van der Waals surface area (Å²) in [5.74, 6) is 0.502. The molecule has 1 aliphatic carbocycles. The van der Waals surface area contributed by atoms with Crippen LogP contribution in [0, 0.1) is 0 Å². The first-order chi connectivity index (χ1) is 4.39. The van der Waals surface area contributed by atoms with Crippen molar-refractivity contribution < 1.29 is 5.11 Å². The van der Waals surface area contributed by atoms with E-state index in [2.05, 4.69) is 0 Å². The van der Waals surface area contributed by atoms with Gasteiger partial charge in [-0.1, -0.05) is 26.0 Å². The standard InChI is InChI=1S/C6H8O.C2H6/c7-6-4-2-1-3-5-6;1-2/h1-2,4,7H,3,5H2;1-2H3. The van der Waals surface area contributed by atoms with Gasteiger partial charge in [0.05, 0.1) is 5.76 Å². The van der Waals surface area contributed by atoms with Crippen LogP contribution in [0.5, 0.6) is 0 Å². The van der Waals surface area contributed by atoms with Gasteiger partial charge in [-0.25, -0.2) is 0 Å². The summed E-state index contributed by atoms with van der Waals surface area (Å²) >= 11 is 0. The lowest BCUT2D eigenvalue weighted by molar-refractivity contribution is 0.387. The Morgan fingerprint density at radius 2 is 2.11 bits per heavy atom. The number of hydrogen-bond acceptors (Lipinski definition) is 1. The van der Waals surface area contributed by atoms with E-state index in [9.17, 15) is 0 Å². The first-order valence-electron chi connectivity index (χ1n) is 3.44. The van der Waals surface area contributed by atoms with E-state index in [0.717, 1.165) is 12.8 Å². The molecule has 9 heavy (non-hydrogen) atoms. The van der Waals surface area contributed by atoms with Crippen molar-refractivity contribution in [3.05, 3.63) is 24.0 Å². The van der Waals surface area contributed by atoms with Crippen molar-refractivity contribution in [3.63, 3.8) is 0 Å². The molecule has 0 atom stereocenters. The Hall–Kier alpha value is -0.720. The molecule has 0 aromatic heterocycles. The normalized spacial score (nSPS) is 15.6. The molecule has 1 heteroatoms. The quantitative estimate of drug-likeness (QED) is 0.529. The van der Waals surface area contributed by atoms with Crippen LogP contribution in [0.1, 0.15) is 26.7 Å². The molecule has 0 unspecified atom stereocenters. The molecule has 0 aromatic rings. The fourth-order valence-corrected chi connectivity index (χ4v) is 0.590. The fourth-order valence-electron chi connectivity index (χ4n) is 0.590. The number of hydrogen-bond donors (Lipinski definition) is 1. The largest absolute Gasteiger partial charge is 0.512 e. The average Bonchev–Trinajstić information content (AvgIpc) is 1.94. The van der Waals surface area contributed by atoms with E-state index in [1.807, 2.05) is 26.0 Å². The zero-order chi connectivity index (χ0) is 7.11. The third-order valence-electron chi connectivity index (χ3n) is 0.992. The second-order valence-corrected chi connectivity index (χ2v) is 1.62. The predicted molar refractivity (Wildman–Crippen MR) is 40.4 cm³/mol. The molecular weight excluding hydrogens is 112 g/mol. The van der Waals surface area contributed by atoms with E-state index < -0.39 is 0 Å². The summed E-state index contributed by atoms with van der Waals surface area (Å²) in [6.07, 6.45) is 7.45. The van der Waals surface area contributed by atoms with Crippen LogP contribution in [0.15, 0.2) is 24.0 Å². The monoisotopic (exact) mass is 126 g/mol. The van der Waals surface area contributed by atoms with Crippen molar-refractivity contribution in [1.29, 1.82) is 0 Å². The van der Waals surface area contributed by atoms with Gasteiger partial charge >= 0.3 is 0 Å². The molecule has 0 aromatic carbocycles. The van der Waals surface area contributed by atoms with Crippen LogP contribution < -0.4 is 0 Å². The smallest absolute Gasteiger partial charge is 0.0925 e. The second kappa shape index (κ2) is 5.42. The number of allylic oxidation sites excluding steroid dienone is 4. The summed E-state index contributed by atoms with van der Waals surface area (Å²) in [7, 11) is 0. The molecule has 0 heterocycles. The molecule has 0 amide bonds. The summed E-state index contributed by atoms with van der Waals surface area (Å²) in [5.41, 5.74) is 0. The Labute approximate surface area is 56.7 Å². The second-order valence-electron chi connectivity index (χ2n) is 1.62. The summed E-state index contributed by atoms with van der Waals surface area (Å²) in [4.78, 5) is 0. The highest BCUT2D eigenvalue weighted by Gasteiger charge is 1.91. The molecule has 1 aliphatic rings. The zero-order valence-electron chi connectivity index (χ0n) is 6.09. The Kier molecular flexibility index (Phi) is 4.98. The van der Waals surface area contributed by atoms with Crippen molar-refractivity contribution in [2.75, 3.05) is 0 Å². The zero-order valence-corrected chi connectivity index (χ0v) is 6.09. The van der Waals surface area contributed by atoms with Crippen LogP contribution in [0.2, 0.25) is 0 Å². The third kappa shape index (κ3) is 3.83. The minimum Gasteiger partial charge on any atom is -0.512 e. The minimum absolute atomic E-state index is 0.502. The van der Waals surface area contributed by atoms with Gasteiger partial charge in [-0.3, -0.25) is 0 Å². The summed E-state index contributed by atoms with van der Waals surface area (Å²) in [6, 6.07) is 0. The van der Waals surface area contributed by atoms with Crippen LogP contribution in [-0.4, -0.2) is 5.11 Å². The Morgan fingerprint density at radius 3 is 2.33 bits per heavy atom. The number of aliphatic hydroxyl groups excluding tert-OH is 1. The molecule has 0 radical (unpaired) electrons. The third-order valence-corrected chi connectivity index (χ3v) is 0.992. The molecular formula is C8H14O. The van der Waals surface area contributed by atoms with Crippen LogP contribution in [-0.2, 0) is 0 Å². The maximum Gasteiger partial charge on any atom is 0.0925 e. The lowest BCUT2D eigenvalue weighted by atomic mass is 10.2. The first-order valence-corrected chi connectivity index (χ1v) is 3.44. The van der Waals surface area contributed by atoms with Gasteiger partial charge in [-0.2, -0.15) is 0 Å². The van der Waals surface area contributed by atoms with Crippen molar-refractivity contribution in [3.8, 4) is 0 Å². The van der Waals surface area contributed by atoms with Crippen LogP contribution in [0.3, 0.4) is 0 Å². The Bertz CT molecular complexity index is 112. The van der Waals surface area contributed by atoms with Crippen molar-refractivity contribution in [2.24, 2.45) is 0 Å². The molecule has 1 N–H and O–H groups in total. The van der Waals surface area contributed by atoms with E-state index >= 15 is 0 Å². The highest BCUT2D eigenvalue weighted by molar-refractivity contribution is 5.11. The van der Waals surface area contributed by atoms with E-state index in [-0.39, 0.29) is 0 Å². The molecule has 0 fully saturated rings. The summed E-state index contributed by atoms with van der Waals surface area (Å²) < 4.78 is 0. The van der Waals surface area contributed by atoms with Gasteiger partial charge < -0.3 is 5.11 Å². The van der Waals surface area contributed by atoms with Gasteiger partial charge in [0.25, 0.3) is 0 Å². The SMILES string of the molecule is CC.OC1=CC=CCC1. The van der Waals surface area contributed by atoms with Gasteiger partial charge in [0.15, 0.2) is 0 Å². The maximum atomic E-state index is 8.72. The Morgan fingerprint density at radius 1 is 1.44 bits per heavy atom. The lowest BCUT2D eigenvalue weighted by Gasteiger charge is -1.97. The van der Waals surface area contributed by atoms with Crippen molar-refractivity contribution >= 4 is 0 Å². The van der Waals surface area contributed by atoms with Gasteiger partial charge in [0.1, 0.15) is 0 Å². The topological polar surface area (TPSA) is 20.2 Å². The lowest BCUT2D eigenvalue weighted by Crippen LogP contribution is -1.82. The molecule has 0 bridgehead atoms. The molecule has 0 saturated carbocycles. The van der Waals surface area contributed by atoms with E-state index in [0.29, 0.717) is 5.76 Å². The van der Waals surface area contributed by atoms with Gasteiger partial charge in [0, 0.05) is 6.42 Å². The molecule has 1 rings (SSSR count). The van der Waals surface area contributed by atoms with E-state index in [1.54, 1.807) is 6.08 Å². The predicted octanol–water partition coefficient (Wildman–Crippen LogP) is 2.80. The number of rotatable bonds is 0. The van der Waals surface area contributed by atoms with Crippen molar-refractivity contribution in [2.45, 2.75) is 26.7 Å². The maximum absolute atomic E-state index is 8.72. The van der Waals surface area contributed by atoms with Gasteiger partial charge in [-0.05, 0) is 12.5 Å². The van der Waals surface area contributed by atoms with Crippen LogP contribution in [0.4, 0.5) is 0 Å². The van der Waals surface area contributed by atoms with E-state index in [4.69, 9.17) is 5.11 Å². The first kappa shape index (κ1) is 8.28. The van der Waals surface area contributed by atoms with E-state index in [1.165, 1.54) is 0 Å². The Balaban J connectivity index is 0.000000291. The average molecular weight is 126 g/mol. The highest BCUT2D eigenvalue weighted by atomic mass is 16.3. The summed E-state index contributed by atoms with van der Waals surface area (Å²) in [6.45, 7) is 4.00. The van der Waals surface area contributed by atoms with Crippen molar-refractivity contribution in [1.82, 2.24) is 0 Å².